The van der Waals surface area contributed by atoms with E-state index in [1.165, 1.54) is 16.5 Å². The summed E-state index contributed by atoms with van der Waals surface area (Å²) in [5.74, 6) is 0.651. The van der Waals surface area contributed by atoms with Gasteiger partial charge < -0.3 is 15.4 Å². The Morgan fingerprint density at radius 2 is 2.06 bits per heavy atom. The second kappa shape index (κ2) is 6.81. The van der Waals surface area contributed by atoms with Crippen molar-refractivity contribution in [2.24, 2.45) is 0 Å². The van der Waals surface area contributed by atoms with Crippen LogP contribution in [0, 0.1) is 6.92 Å². The highest BCUT2D eigenvalue weighted by Crippen LogP contribution is 2.32. The lowest BCUT2D eigenvalue weighted by molar-refractivity contribution is 0.202. The Morgan fingerprint density at radius 1 is 1.41 bits per heavy atom. The molecule has 0 aliphatic rings. The lowest BCUT2D eigenvalue weighted by Gasteiger charge is -2.31. The number of rotatable bonds is 7. The topological polar surface area (TPSA) is 51.4 Å². The van der Waals surface area contributed by atoms with E-state index in [0.717, 1.165) is 31.6 Å². The molecule has 0 amide bonds. The van der Waals surface area contributed by atoms with E-state index in [9.17, 15) is 0 Å². The van der Waals surface area contributed by atoms with Crippen molar-refractivity contribution in [2.75, 3.05) is 30.9 Å². The molecule has 1 aromatic heterocycles. The Morgan fingerprint density at radius 3 is 2.47 bits per heavy atom. The molecule has 0 fully saturated rings. The van der Waals surface area contributed by atoms with Crippen molar-refractivity contribution in [3.63, 3.8) is 0 Å². The first-order valence-corrected chi connectivity index (χ1v) is 6.90. The van der Waals surface area contributed by atoms with Gasteiger partial charge >= 0.3 is 0 Å². The summed E-state index contributed by atoms with van der Waals surface area (Å²) in [5.41, 5.74) is 6.93. The van der Waals surface area contributed by atoms with Gasteiger partial charge in [-0.05, 0) is 31.3 Å². The molecule has 5 heteroatoms. The van der Waals surface area contributed by atoms with Crippen LogP contribution < -0.4 is 10.6 Å². The summed E-state index contributed by atoms with van der Waals surface area (Å²) < 4.78 is 9.42. The molecule has 98 valence electrons. The molecular formula is C12H23N3OS. The minimum Gasteiger partial charge on any atom is -0.383 e. The molecule has 0 saturated heterocycles. The van der Waals surface area contributed by atoms with Crippen molar-refractivity contribution in [3.8, 4) is 0 Å². The van der Waals surface area contributed by atoms with Gasteiger partial charge in [0.15, 0.2) is 0 Å². The molecule has 0 radical (unpaired) electrons. The van der Waals surface area contributed by atoms with Crippen LogP contribution in [-0.4, -0.2) is 30.7 Å². The lowest BCUT2D eigenvalue weighted by atomic mass is 10.1. The molecule has 0 atom stereocenters. The van der Waals surface area contributed by atoms with Crippen molar-refractivity contribution in [1.29, 1.82) is 0 Å². The smallest absolute Gasteiger partial charge is 0.142 e. The fourth-order valence-electron chi connectivity index (χ4n) is 1.98. The van der Waals surface area contributed by atoms with Gasteiger partial charge in [-0.25, -0.2) is 0 Å². The van der Waals surface area contributed by atoms with Gasteiger partial charge in [0.05, 0.1) is 6.61 Å². The highest BCUT2D eigenvalue weighted by Gasteiger charge is 2.20. The standard InChI is InChI=1S/C12H23N3OS/c1-5-10(6-2)15(7-8-16-4)12-9(3)11(13)14-17-12/h10H,5-8H2,1-4H3,(H2,13,14). The molecular weight excluding hydrogens is 234 g/mol. The lowest BCUT2D eigenvalue weighted by Crippen LogP contribution is -2.37. The predicted octanol–water partition coefficient (Wildman–Crippen LogP) is 2.68. The minimum atomic E-state index is 0.531. The average Bonchev–Trinajstić information content (AvgIpc) is 2.66. The van der Waals surface area contributed by atoms with Gasteiger partial charge in [-0.1, -0.05) is 13.8 Å². The first-order valence-electron chi connectivity index (χ1n) is 6.12. The number of anilines is 2. The minimum absolute atomic E-state index is 0.531. The second-order valence-corrected chi connectivity index (χ2v) is 4.91. The number of hydrogen-bond acceptors (Lipinski definition) is 5. The van der Waals surface area contributed by atoms with Crippen LogP contribution in [0.2, 0.25) is 0 Å². The van der Waals surface area contributed by atoms with Crippen molar-refractivity contribution in [1.82, 2.24) is 4.37 Å². The van der Waals surface area contributed by atoms with Crippen molar-refractivity contribution >= 4 is 22.4 Å². The maximum atomic E-state index is 5.83. The van der Waals surface area contributed by atoms with E-state index in [0.29, 0.717) is 11.9 Å². The number of methoxy groups -OCH3 is 1. The van der Waals surface area contributed by atoms with Gasteiger partial charge in [0.25, 0.3) is 0 Å². The highest BCUT2D eigenvalue weighted by atomic mass is 32.1. The Hall–Kier alpha value is -0.810. The van der Waals surface area contributed by atoms with E-state index in [4.69, 9.17) is 10.5 Å². The molecule has 0 aromatic carbocycles. The van der Waals surface area contributed by atoms with Crippen LogP contribution >= 0.6 is 11.5 Å². The Bertz CT molecular complexity index is 336. The van der Waals surface area contributed by atoms with Gasteiger partial charge in [0.2, 0.25) is 0 Å². The van der Waals surface area contributed by atoms with Crippen LogP contribution in [0.25, 0.3) is 0 Å². The van der Waals surface area contributed by atoms with Gasteiger partial charge in [-0.2, -0.15) is 4.37 Å². The summed E-state index contributed by atoms with van der Waals surface area (Å²) in [7, 11) is 1.74. The quantitative estimate of drug-likeness (QED) is 0.816. The van der Waals surface area contributed by atoms with E-state index in [1.54, 1.807) is 7.11 Å². The van der Waals surface area contributed by atoms with Crippen LogP contribution in [0.1, 0.15) is 32.3 Å². The summed E-state index contributed by atoms with van der Waals surface area (Å²) in [5, 5.41) is 1.19. The zero-order valence-electron chi connectivity index (χ0n) is 11.2. The molecule has 4 nitrogen and oxygen atoms in total. The van der Waals surface area contributed by atoms with Gasteiger partial charge in [0.1, 0.15) is 10.8 Å². The Balaban J connectivity index is 2.92. The van der Waals surface area contributed by atoms with E-state index >= 15 is 0 Å². The monoisotopic (exact) mass is 257 g/mol. The average molecular weight is 257 g/mol. The van der Waals surface area contributed by atoms with Gasteiger partial charge in [0, 0.05) is 25.3 Å². The summed E-state index contributed by atoms with van der Waals surface area (Å²) in [6, 6.07) is 0.531. The molecule has 0 bridgehead atoms. The largest absolute Gasteiger partial charge is 0.383 e. The third-order valence-corrected chi connectivity index (χ3v) is 4.12. The molecule has 0 aliphatic heterocycles. The number of nitrogens with zero attached hydrogens (tertiary/aromatic N) is 2. The molecule has 17 heavy (non-hydrogen) atoms. The van der Waals surface area contributed by atoms with Crippen LogP contribution in [0.4, 0.5) is 10.8 Å². The normalized spacial score (nSPS) is 11.1. The fourth-order valence-corrected chi connectivity index (χ4v) is 2.88. The molecule has 0 saturated carbocycles. The van der Waals surface area contributed by atoms with Crippen molar-refractivity contribution in [3.05, 3.63) is 5.56 Å². The summed E-state index contributed by atoms with van der Waals surface area (Å²) in [4.78, 5) is 2.38. The van der Waals surface area contributed by atoms with Crippen molar-refractivity contribution < 1.29 is 4.74 Å². The number of ether oxygens (including phenoxy) is 1. The Kier molecular flexibility index (Phi) is 5.71. The molecule has 2 N–H and O–H groups in total. The van der Waals surface area contributed by atoms with Gasteiger partial charge in [-0.3, -0.25) is 0 Å². The zero-order chi connectivity index (χ0) is 12.8. The van der Waals surface area contributed by atoms with E-state index < -0.39 is 0 Å². The summed E-state index contributed by atoms with van der Waals surface area (Å²) in [6.07, 6.45) is 2.24. The number of hydrogen-bond donors (Lipinski definition) is 1. The maximum Gasteiger partial charge on any atom is 0.142 e. The SMILES string of the molecule is CCC(CC)N(CCOC)c1snc(N)c1C. The summed E-state index contributed by atoms with van der Waals surface area (Å²) in [6.45, 7) is 8.09. The van der Waals surface area contributed by atoms with E-state index in [-0.39, 0.29) is 0 Å². The third kappa shape index (κ3) is 3.33. The first kappa shape index (κ1) is 14.3. The van der Waals surface area contributed by atoms with Gasteiger partial charge in [-0.15, -0.1) is 0 Å². The molecule has 0 spiro atoms. The van der Waals surface area contributed by atoms with Crippen LogP contribution in [0.5, 0.6) is 0 Å². The Labute approximate surface area is 108 Å². The summed E-state index contributed by atoms with van der Waals surface area (Å²) >= 11 is 1.49. The molecule has 1 rings (SSSR count). The van der Waals surface area contributed by atoms with Crippen LogP contribution in [0.3, 0.4) is 0 Å². The first-order chi connectivity index (χ1) is 8.15. The van der Waals surface area contributed by atoms with Crippen molar-refractivity contribution in [2.45, 2.75) is 39.7 Å². The third-order valence-electron chi connectivity index (χ3n) is 3.12. The number of nitrogen functional groups attached to an aromatic ring is 1. The molecule has 1 heterocycles. The van der Waals surface area contributed by atoms with Crippen LogP contribution in [0.15, 0.2) is 0 Å². The molecule has 0 unspecified atom stereocenters. The van der Waals surface area contributed by atoms with E-state index in [1.807, 2.05) is 6.92 Å². The number of aromatic nitrogens is 1. The predicted molar refractivity (Wildman–Crippen MR) is 74.9 cm³/mol. The number of nitrogens with two attached hydrogens (primary N) is 1. The zero-order valence-corrected chi connectivity index (χ0v) is 12.0. The fraction of sp³-hybridized carbons (Fsp3) is 0.750. The molecule has 0 aliphatic carbocycles. The molecule has 1 aromatic rings. The maximum absolute atomic E-state index is 5.83. The van der Waals surface area contributed by atoms with Crippen LogP contribution in [-0.2, 0) is 4.74 Å². The van der Waals surface area contributed by atoms with E-state index in [2.05, 4.69) is 23.1 Å². The second-order valence-electron chi connectivity index (χ2n) is 4.15. The highest BCUT2D eigenvalue weighted by molar-refractivity contribution is 7.10.